The molecule has 0 spiro atoms. The minimum atomic E-state index is 0.218. The molecule has 0 atom stereocenters. The van der Waals surface area contributed by atoms with E-state index in [4.69, 9.17) is 11.6 Å². The molecule has 0 saturated heterocycles. The van der Waals surface area contributed by atoms with Gasteiger partial charge in [-0.15, -0.1) is 0 Å². The van der Waals surface area contributed by atoms with E-state index in [0.717, 1.165) is 18.1 Å². The van der Waals surface area contributed by atoms with Crippen LogP contribution in [0.2, 0.25) is 5.02 Å². The third-order valence-electron chi connectivity index (χ3n) is 3.09. The maximum Gasteiger partial charge on any atom is 0.137 e. The van der Waals surface area contributed by atoms with Crippen LogP contribution in [0.4, 0.5) is 0 Å². The summed E-state index contributed by atoms with van der Waals surface area (Å²) >= 11 is 5.95. The maximum atomic E-state index is 5.95. The van der Waals surface area contributed by atoms with Gasteiger partial charge in [0.2, 0.25) is 0 Å². The summed E-state index contributed by atoms with van der Waals surface area (Å²) in [5.41, 5.74) is 1.18. The molecule has 7 heteroatoms. The minimum absolute atomic E-state index is 0.218. The molecule has 0 unspecified atom stereocenters. The third kappa shape index (κ3) is 3.03. The summed E-state index contributed by atoms with van der Waals surface area (Å²) in [5.74, 6) is 0.218. The Morgan fingerprint density at radius 3 is 1.90 bits per heavy atom. The van der Waals surface area contributed by atoms with E-state index in [1.165, 1.54) is 18.2 Å². The van der Waals surface area contributed by atoms with Gasteiger partial charge in [0, 0.05) is 10.9 Å². The molecule has 3 aromatic rings. The monoisotopic (exact) mass is 288 g/mol. The van der Waals surface area contributed by atoms with E-state index in [9.17, 15) is 0 Å². The first-order valence-corrected chi connectivity index (χ1v) is 6.59. The number of rotatable bonds is 5. The highest BCUT2D eigenvalue weighted by Gasteiger charge is 2.14. The minimum Gasteiger partial charge on any atom is -0.252 e. The van der Waals surface area contributed by atoms with Gasteiger partial charge in [-0.05, 0) is 17.7 Å². The first kappa shape index (κ1) is 12.8. The van der Waals surface area contributed by atoms with Crippen molar-refractivity contribution in [3.05, 3.63) is 60.2 Å². The Morgan fingerprint density at radius 1 is 0.900 bits per heavy atom. The van der Waals surface area contributed by atoms with E-state index >= 15 is 0 Å². The van der Waals surface area contributed by atoms with Crippen molar-refractivity contribution < 1.29 is 0 Å². The Morgan fingerprint density at radius 2 is 1.45 bits per heavy atom. The van der Waals surface area contributed by atoms with Crippen molar-refractivity contribution in [3.8, 4) is 0 Å². The molecule has 0 saturated carbocycles. The summed E-state index contributed by atoms with van der Waals surface area (Å²) in [6.45, 7) is 1.45. The molecule has 0 amide bonds. The fraction of sp³-hybridized carbons (Fsp3) is 0.231. The zero-order chi connectivity index (χ0) is 13.8. The second-order valence-corrected chi connectivity index (χ2v) is 4.92. The van der Waals surface area contributed by atoms with Crippen LogP contribution >= 0.6 is 11.6 Å². The largest absolute Gasteiger partial charge is 0.252 e. The molecule has 102 valence electrons. The molecule has 1 aromatic carbocycles. The molecule has 3 rings (SSSR count). The summed E-state index contributed by atoms with van der Waals surface area (Å²) in [5, 5.41) is 9.06. The van der Waals surface area contributed by atoms with Gasteiger partial charge in [-0.25, -0.2) is 9.97 Å². The van der Waals surface area contributed by atoms with Gasteiger partial charge in [0.25, 0.3) is 0 Å². The standard InChI is InChI=1S/C13H13ClN6/c14-13-3-1-11(2-4-13)12(5-19-9-15-7-17-19)6-20-10-16-8-18-20/h1-4,7-10,12H,5-6H2. The first-order chi connectivity index (χ1) is 9.81. The van der Waals surface area contributed by atoms with Crippen molar-refractivity contribution in [3.63, 3.8) is 0 Å². The number of hydrogen-bond acceptors (Lipinski definition) is 4. The van der Waals surface area contributed by atoms with E-state index in [1.807, 2.05) is 33.6 Å². The average molecular weight is 289 g/mol. The SMILES string of the molecule is Clc1ccc(C(Cn2cncn2)Cn2cncn2)cc1. The van der Waals surface area contributed by atoms with Crippen molar-refractivity contribution in [2.45, 2.75) is 19.0 Å². The van der Waals surface area contributed by atoms with Crippen LogP contribution in [-0.2, 0) is 13.1 Å². The van der Waals surface area contributed by atoms with Gasteiger partial charge in [0.1, 0.15) is 25.3 Å². The molecule has 0 radical (unpaired) electrons. The lowest BCUT2D eigenvalue weighted by molar-refractivity contribution is 0.437. The molecule has 20 heavy (non-hydrogen) atoms. The van der Waals surface area contributed by atoms with Crippen molar-refractivity contribution in [2.24, 2.45) is 0 Å². The van der Waals surface area contributed by atoms with Gasteiger partial charge in [0.15, 0.2) is 0 Å². The van der Waals surface area contributed by atoms with Gasteiger partial charge < -0.3 is 0 Å². The summed E-state index contributed by atoms with van der Waals surface area (Å²) in [4.78, 5) is 7.95. The fourth-order valence-electron chi connectivity index (χ4n) is 2.11. The average Bonchev–Trinajstić information content (AvgIpc) is 3.12. The van der Waals surface area contributed by atoms with E-state index in [1.54, 1.807) is 12.7 Å². The molecule has 0 aliphatic carbocycles. The van der Waals surface area contributed by atoms with Crippen LogP contribution < -0.4 is 0 Å². The first-order valence-electron chi connectivity index (χ1n) is 6.21. The maximum absolute atomic E-state index is 5.95. The van der Waals surface area contributed by atoms with E-state index in [-0.39, 0.29) is 5.92 Å². The van der Waals surface area contributed by atoms with Gasteiger partial charge in [0.05, 0.1) is 13.1 Å². The summed E-state index contributed by atoms with van der Waals surface area (Å²) in [6, 6.07) is 7.85. The van der Waals surface area contributed by atoms with Crippen LogP contribution in [0.25, 0.3) is 0 Å². The molecule has 0 bridgehead atoms. The topological polar surface area (TPSA) is 61.4 Å². The Kier molecular flexibility index (Phi) is 3.73. The van der Waals surface area contributed by atoms with Gasteiger partial charge in [-0.3, -0.25) is 9.36 Å². The molecular formula is C13H13ClN6. The lowest BCUT2D eigenvalue weighted by Crippen LogP contribution is -2.16. The summed E-state index contributed by atoms with van der Waals surface area (Å²) in [6.07, 6.45) is 6.50. The predicted molar refractivity (Wildman–Crippen MR) is 74.2 cm³/mol. The highest BCUT2D eigenvalue weighted by molar-refractivity contribution is 6.30. The number of halogens is 1. The van der Waals surface area contributed by atoms with Crippen LogP contribution in [0.5, 0.6) is 0 Å². The smallest absolute Gasteiger partial charge is 0.137 e. The highest BCUT2D eigenvalue weighted by Crippen LogP contribution is 2.21. The van der Waals surface area contributed by atoms with Gasteiger partial charge >= 0.3 is 0 Å². The van der Waals surface area contributed by atoms with Gasteiger partial charge in [-0.2, -0.15) is 10.2 Å². The van der Waals surface area contributed by atoms with Crippen molar-refractivity contribution >= 4 is 11.6 Å². The molecule has 2 heterocycles. The molecule has 0 N–H and O–H groups in total. The van der Waals surface area contributed by atoms with Crippen LogP contribution in [0.15, 0.2) is 49.6 Å². The Bertz CT molecular complexity index is 596. The fourth-order valence-corrected chi connectivity index (χ4v) is 2.24. The van der Waals surface area contributed by atoms with Crippen molar-refractivity contribution in [1.82, 2.24) is 29.5 Å². The second-order valence-electron chi connectivity index (χ2n) is 4.48. The second kappa shape index (κ2) is 5.83. The molecule has 6 nitrogen and oxygen atoms in total. The van der Waals surface area contributed by atoms with E-state index in [0.29, 0.717) is 0 Å². The lowest BCUT2D eigenvalue weighted by atomic mass is 9.99. The molecule has 0 fully saturated rings. The van der Waals surface area contributed by atoms with Crippen LogP contribution in [0.1, 0.15) is 11.5 Å². The number of nitrogens with zero attached hydrogens (tertiary/aromatic N) is 6. The number of benzene rings is 1. The van der Waals surface area contributed by atoms with Crippen LogP contribution in [0.3, 0.4) is 0 Å². The molecule has 2 aromatic heterocycles. The summed E-state index contributed by atoms with van der Waals surface area (Å²) in [7, 11) is 0. The van der Waals surface area contributed by atoms with Gasteiger partial charge in [-0.1, -0.05) is 23.7 Å². The highest BCUT2D eigenvalue weighted by atomic mass is 35.5. The summed E-state index contributed by atoms with van der Waals surface area (Å²) < 4.78 is 3.63. The Labute approximate surface area is 121 Å². The van der Waals surface area contributed by atoms with E-state index < -0.39 is 0 Å². The Balaban J connectivity index is 1.84. The number of hydrogen-bond donors (Lipinski definition) is 0. The lowest BCUT2D eigenvalue weighted by Gasteiger charge is -2.17. The van der Waals surface area contributed by atoms with Crippen LogP contribution in [0, 0.1) is 0 Å². The van der Waals surface area contributed by atoms with Crippen molar-refractivity contribution in [2.75, 3.05) is 0 Å². The molecular weight excluding hydrogens is 276 g/mol. The third-order valence-corrected chi connectivity index (χ3v) is 3.34. The van der Waals surface area contributed by atoms with E-state index in [2.05, 4.69) is 20.2 Å². The van der Waals surface area contributed by atoms with Crippen molar-refractivity contribution in [1.29, 1.82) is 0 Å². The zero-order valence-electron chi connectivity index (χ0n) is 10.7. The predicted octanol–water partition coefficient (Wildman–Crippen LogP) is 2.01. The molecule has 0 aliphatic rings. The number of aromatic nitrogens is 6. The zero-order valence-corrected chi connectivity index (χ0v) is 11.4. The Hall–Kier alpha value is -2.21. The normalized spacial score (nSPS) is 11.1. The van der Waals surface area contributed by atoms with Crippen LogP contribution in [-0.4, -0.2) is 29.5 Å². The quantitative estimate of drug-likeness (QED) is 0.720. The molecule has 0 aliphatic heterocycles.